The van der Waals surface area contributed by atoms with E-state index < -0.39 is 9.84 Å². The molecule has 1 amide bonds. The summed E-state index contributed by atoms with van der Waals surface area (Å²) in [6.07, 6.45) is 7.56. The first-order valence-electron chi connectivity index (χ1n) is 6.75. The Morgan fingerprint density at radius 1 is 1.17 bits per heavy atom. The number of hydrogen-bond donors (Lipinski definition) is 1. The zero-order valence-electron chi connectivity index (χ0n) is 12.5. The third kappa shape index (κ3) is 3.21. The van der Waals surface area contributed by atoms with Gasteiger partial charge in [-0.1, -0.05) is 0 Å². The molecule has 0 fully saturated rings. The van der Waals surface area contributed by atoms with E-state index in [1.807, 2.05) is 6.07 Å². The topological polar surface area (TPSA) is 93.4 Å². The second-order valence-corrected chi connectivity index (χ2v) is 7.19. The van der Waals surface area contributed by atoms with Crippen molar-refractivity contribution in [2.24, 2.45) is 0 Å². The molecule has 0 saturated heterocycles. The van der Waals surface area contributed by atoms with Crippen molar-refractivity contribution in [2.75, 3.05) is 11.6 Å². The first-order valence-corrected chi connectivity index (χ1v) is 8.64. The summed E-state index contributed by atoms with van der Waals surface area (Å²) in [6, 6.07) is 5.19. The predicted octanol–water partition coefficient (Wildman–Crippen LogP) is 1.76. The fourth-order valence-electron chi connectivity index (χ4n) is 2.18. The van der Waals surface area contributed by atoms with Gasteiger partial charge in [0, 0.05) is 42.9 Å². The monoisotopic (exact) mass is 330 g/mol. The van der Waals surface area contributed by atoms with Gasteiger partial charge in [0.25, 0.3) is 0 Å². The second kappa shape index (κ2) is 5.47. The molecule has 8 heteroatoms. The van der Waals surface area contributed by atoms with Crippen LogP contribution in [0.2, 0.25) is 0 Å². The lowest BCUT2D eigenvalue weighted by Crippen LogP contribution is -2.05. The van der Waals surface area contributed by atoms with Crippen molar-refractivity contribution < 1.29 is 13.2 Å². The van der Waals surface area contributed by atoms with Crippen molar-refractivity contribution in [2.45, 2.75) is 11.8 Å². The van der Waals surface area contributed by atoms with E-state index in [9.17, 15) is 13.2 Å². The Balaban J connectivity index is 2.05. The van der Waals surface area contributed by atoms with Crippen LogP contribution in [-0.4, -0.2) is 34.9 Å². The highest BCUT2D eigenvalue weighted by atomic mass is 32.2. The molecule has 3 rings (SSSR count). The summed E-state index contributed by atoms with van der Waals surface area (Å²) in [6.45, 7) is 1.41. The van der Waals surface area contributed by atoms with Gasteiger partial charge in [-0.3, -0.25) is 9.78 Å². The van der Waals surface area contributed by atoms with Crippen molar-refractivity contribution in [3.8, 4) is 11.1 Å². The molecule has 0 aliphatic carbocycles. The zero-order valence-corrected chi connectivity index (χ0v) is 13.3. The van der Waals surface area contributed by atoms with E-state index in [2.05, 4.69) is 15.3 Å². The quantitative estimate of drug-likeness (QED) is 0.790. The average Bonchev–Trinajstić information content (AvgIpc) is 2.86. The lowest BCUT2D eigenvalue weighted by molar-refractivity contribution is -0.114. The summed E-state index contributed by atoms with van der Waals surface area (Å²) in [5.41, 5.74) is 2.15. The van der Waals surface area contributed by atoms with Crippen LogP contribution in [-0.2, 0) is 14.6 Å². The maximum absolute atomic E-state index is 11.6. The second-order valence-electron chi connectivity index (χ2n) is 5.17. The summed E-state index contributed by atoms with van der Waals surface area (Å²) >= 11 is 0. The van der Waals surface area contributed by atoms with Crippen molar-refractivity contribution in [3.05, 3.63) is 43.0 Å². The fraction of sp³-hybridized carbons (Fsp3) is 0.133. The predicted molar refractivity (Wildman–Crippen MR) is 85.8 cm³/mol. The first kappa shape index (κ1) is 15.2. The normalized spacial score (nSPS) is 11.6. The molecule has 118 valence electrons. The molecule has 0 saturated carbocycles. The number of anilines is 1. The molecule has 0 bridgehead atoms. The number of hydrogen-bond acceptors (Lipinski definition) is 5. The molecule has 0 atom stereocenters. The van der Waals surface area contributed by atoms with E-state index in [1.54, 1.807) is 35.1 Å². The van der Waals surface area contributed by atoms with Gasteiger partial charge in [-0.15, -0.1) is 0 Å². The Kier molecular flexibility index (Phi) is 3.61. The molecule has 3 aromatic heterocycles. The lowest BCUT2D eigenvalue weighted by atomic mass is 10.1. The van der Waals surface area contributed by atoms with E-state index in [0.717, 1.165) is 11.8 Å². The van der Waals surface area contributed by atoms with Gasteiger partial charge in [0.2, 0.25) is 5.91 Å². The maximum Gasteiger partial charge on any atom is 0.222 e. The van der Waals surface area contributed by atoms with E-state index in [4.69, 9.17) is 0 Å². The van der Waals surface area contributed by atoms with E-state index in [0.29, 0.717) is 17.0 Å². The fourth-order valence-corrected chi connectivity index (χ4v) is 2.78. The van der Waals surface area contributed by atoms with Crippen LogP contribution in [0.25, 0.3) is 16.8 Å². The van der Waals surface area contributed by atoms with Crippen LogP contribution in [0, 0.1) is 0 Å². The van der Waals surface area contributed by atoms with Gasteiger partial charge in [0.15, 0.2) is 15.7 Å². The summed E-state index contributed by atoms with van der Waals surface area (Å²) in [4.78, 5) is 19.5. The van der Waals surface area contributed by atoms with Gasteiger partial charge in [0.1, 0.15) is 5.65 Å². The minimum atomic E-state index is -3.31. The number of aromatic nitrogens is 3. The largest absolute Gasteiger partial charge is 0.310 e. The highest BCUT2D eigenvalue weighted by Crippen LogP contribution is 2.22. The lowest BCUT2D eigenvalue weighted by Gasteiger charge is -2.04. The maximum atomic E-state index is 11.6. The molecule has 0 unspecified atom stereocenters. The molecule has 0 aromatic carbocycles. The Labute approximate surface area is 132 Å². The molecule has 3 heterocycles. The van der Waals surface area contributed by atoms with Crippen molar-refractivity contribution in [1.29, 1.82) is 0 Å². The summed E-state index contributed by atoms with van der Waals surface area (Å²) in [5, 5.41) is 2.62. The van der Waals surface area contributed by atoms with Gasteiger partial charge in [0.05, 0.1) is 11.1 Å². The highest BCUT2D eigenvalue weighted by Gasteiger charge is 2.10. The van der Waals surface area contributed by atoms with Crippen LogP contribution < -0.4 is 5.32 Å². The van der Waals surface area contributed by atoms with Gasteiger partial charge in [-0.05, 0) is 18.2 Å². The Bertz CT molecular complexity index is 1010. The van der Waals surface area contributed by atoms with Crippen LogP contribution in [0.1, 0.15) is 6.92 Å². The Hall–Kier alpha value is -2.74. The summed E-state index contributed by atoms with van der Waals surface area (Å²) in [5.74, 6) is 0.261. The summed E-state index contributed by atoms with van der Waals surface area (Å²) < 4.78 is 25.0. The molecule has 1 N–H and O–H groups in total. The van der Waals surface area contributed by atoms with Crippen LogP contribution in [0.15, 0.2) is 47.9 Å². The van der Waals surface area contributed by atoms with E-state index >= 15 is 0 Å². The van der Waals surface area contributed by atoms with Crippen molar-refractivity contribution in [1.82, 2.24) is 14.4 Å². The number of imidazole rings is 1. The third-order valence-corrected chi connectivity index (χ3v) is 4.31. The first-order chi connectivity index (χ1) is 10.8. The SMILES string of the molecule is CC(=O)Nc1cn2cc(-c3cncc(S(C)(=O)=O)c3)ccc2n1. The number of carbonyl (C=O) groups excluding carboxylic acids is 1. The van der Waals surface area contributed by atoms with Crippen molar-refractivity contribution in [3.63, 3.8) is 0 Å². The average molecular weight is 330 g/mol. The Morgan fingerprint density at radius 3 is 2.65 bits per heavy atom. The molecule has 0 aliphatic rings. The smallest absolute Gasteiger partial charge is 0.222 e. The molecular weight excluding hydrogens is 316 g/mol. The van der Waals surface area contributed by atoms with Crippen LogP contribution in [0.5, 0.6) is 0 Å². The number of fused-ring (bicyclic) bond motifs is 1. The molecule has 7 nitrogen and oxygen atoms in total. The highest BCUT2D eigenvalue weighted by molar-refractivity contribution is 7.90. The molecule has 23 heavy (non-hydrogen) atoms. The van der Waals surface area contributed by atoms with Gasteiger partial charge in [-0.2, -0.15) is 0 Å². The number of pyridine rings is 2. The summed E-state index contributed by atoms with van der Waals surface area (Å²) in [7, 11) is -3.31. The number of rotatable bonds is 3. The molecule has 0 aliphatic heterocycles. The molecular formula is C15H14N4O3S. The number of amides is 1. The van der Waals surface area contributed by atoms with Gasteiger partial charge >= 0.3 is 0 Å². The Morgan fingerprint density at radius 2 is 1.96 bits per heavy atom. The zero-order chi connectivity index (χ0) is 16.6. The van der Waals surface area contributed by atoms with E-state index in [1.165, 1.54) is 13.1 Å². The number of sulfone groups is 1. The number of carbonyl (C=O) groups is 1. The van der Waals surface area contributed by atoms with Crippen molar-refractivity contribution >= 4 is 27.2 Å². The minimum absolute atomic E-state index is 0.166. The minimum Gasteiger partial charge on any atom is -0.310 e. The standard InChI is InChI=1S/C15H14N4O3S/c1-10(20)17-14-9-19-8-11(3-4-15(19)18-14)12-5-13(7-16-6-12)23(2,21)22/h3-9H,1-2H3,(H,17,20). The third-order valence-electron chi connectivity index (χ3n) is 3.23. The molecule has 0 radical (unpaired) electrons. The van der Waals surface area contributed by atoms with E-state index in [-0.39, 0.29) is 10.8 Å². The van der Waals surface area contributed by atoms with Crippen LogP contribution in [0.3, 0.4) is 0 Å². The molecule has 3 aromatic rings. The van der Waals surface area contributed by atoms with Crippen LogP contribution >= 0.6 is 0 Å². The number of nitrogens with zero attached hydrogens (tertiary/aromatic N) is 3. The van der Waals surface area contributed by atoms with Gasteiger partial charge < -0.3 is 9.72 Å². The number of nitrogens with one attached hydrogen (secondary N) is 1. The van der Waals surface area contributed by atoms with Crippen LogP contribution in [0.4, 0.5) is 5.82 Å². The molecule has 0 spiro atoms. The van der Waals surface area contributed by atoms with Gasteiger partial charge in [-0.25, -0.2) is 13.4 Å².